The molecule has 5 nitrogen and oxygen atoms in total. The molecule has 0 fully saturated rings. The predicted molar refractivity (Wildman–Crippen MR) is 126 cm³/mol. The summed E-state index contributed by atoms with van der Waals surface area (Å²) in [4.78, 5) is 14.7. The SMILES string of the molecule is O=C(NCCCN(CCCCO)C1CCCc2ccccc21)Nc1ccc(Br)cc1. The minimum Gasteiger partial charge on any atom is -0.396 e. The van der Waals surface area contributed by atoms with Gasteiger partial charge in [-0.2, -0.15) is 0 Å². The maximum atomic E-state index is 12.1. The Hall–Kier alpha value is -1.89. The van der Waals surface area contributed by atoms with Crippen LogP contribution in [0.15, 0.2) is 53.0 Å². The van der Waals surface area contributed by atoms with Gasteiger partial charge >= 0.3 is 6.03 Å². The summed E-state index contributed by atoms with van der Waals surface area (Å²) in [5.74, 6) is 0. The third-order valence-corrected chi connectivity index (χ3v) is 6.17. The molecule has 1 atom stereocenters. The maximum Gasteiger partial charge on any atom is 0.319 e. The van der Waals surface area contributed by atoms with E-state index >= 15 is 0 Å². The first-order valence-corrected chi connectivity index (χ1v) is 11.7. The molecule has 0 saturated carbocycles. The quantitative estimate of drug-likeness (QED) is 0.419. The fourth-order valence-corrected chi connectivity index (χ4v) is 4.41. The zero-order valence-corrected chi connectivity index (χ0v) is 19.0. The van der Waals surface area contributed by atoms with Gasteiger partial charge in [0.25, 0.3) is 0 Å². The Kier molecular flexibility index (Phi) is 9.18. The van der Waals surface area contributed by atoms with E-state index in [4.69, 9.17) is 0 Å². The molecule has 3 rings (SSSR count). The molecule has 30 heavy (non-hydrogen) atoms. The number of urea groups is 1. The Morgan fingerprint density at radius 2 is 1.83 bits per heavy atom. The second kappa shape index (κ2) is 12.1. The van der Waals surface area contributed by atoms with Gasteiger partial charge in [-0.15, -0.1) is 0 Å². The number of rotatable bonds is 10. The third-order valence-electron chi connectivity index (χ3n) is 5.64. The lowest BCUT2D eigenvalue weighted by Gasteiger charge is -2.36. The number of unbranched alkanes of at least 4 members (excludes halogenated alkanes) is 1. The first kappa shape index (κ1) is 22.8. The van der Waals surface area contributed by atoms with Crippen molar-refractivity contribution in [3.8, 4) is 0 Å². The Bertz CT molecular complexity index is 797. The highest BCUT2D eigenvalue weighted by Crippen LogP contribution is 2.34. The summed E-state index contributed by atoms with van der Waals surface area (Å²) < 4.78 is 0.985. The van der Waals surface area contributed by atoms with Crippen LogP contribution in [-0.4, -0.2) is 42.3 Å². The van der Waals surface area contributed by atoms with Crippen LogP contribution in [0.2, 0.25) is 0 Å². The van der Waals surface area contributed by atoms with E-state index in [0.29, 0.717) is 12.6 Å². The van der Waals surface area contributed by atoms with Gasteiger partial charge in [-0.1, -0.05) is 40.2 Å². The number of aliphatic hydroxyl groups is 1. The number of nitrogens with one attached hydrogen (secondary N) is 2. The molecule has 2 aromatic rings. The van der Waals surface area contributed by atoms with E-state index < -0.39 is 0 Å². The second-order valence-corrected chi connectivity index (χ2v) is 8.73. The van der Waals surface area contributed by atoms with Crippen molar-refractivity contribution in [2.45, 2.75) is 44.6 Å². The predicted octanol–water partition coefficient (Wildman–Crippen LogP) is 5.11. The summed E-state index contributed by atoms with van der Waals surface area (Å²) in [6.45, 7) is 2.79. The molecule has 1 aliphatic carbocycles. The summed E-state index contributed by atoms with van der Waals surface area (Å²) in [7, 11) is 0. The Morgan fingerprint density at radius 3 is 2.63 bits per heavy atom. The number of aliphatic hydroxyl groups excluding tert-OH is 1. The normalized spacial score (nSPS) is 15.6. The molecule has 0 spiro atoms. The highest BCUT2D eigenvalue weighted by molar-refractivity contribution is 9.10. The van der Waals surface area contributed by atoms with E-state index in [1.807, 2.05) is 24.3 Å². The molecule has 0 saturated heterocycles. The Labute approximate surface area is 188 Å². The summed E-state index contributed by atoms with van der Waals surface area (Å²) in [6, 6.07) is 16.6. The Morgan fingerprint density at radius 1 is 1.07 bits per heavy atom. The van der Waals surface area contributed by atoms with Gasteiger partial charge in [-0.25, -0.2) is 4.79 Å². The number of nitrogens with zero attached hydrogens (tertiary/aromatic N) is 1. The van der Waals surface area contributed by atoms with Crippen molar-refractivity contribution in [1.82, 2.24) is 10.2 Å². The van der Waals surface area contributed by atoms with Gasteiger partial charge in [-0.3, -0.25) is 4.90 Å². The minimum atomic E-state index is -0.174. The average Bonchev–Trinajstić information content (AvgIpc) is 2.77. The summed E-state index contributed by atoms with van der Waals surface area (Å²) in [5, 5.41) is 15.0. The summed E-state index contributed by atoms with van der Waals surface area (Å²) >= 11 is 3.39. The molecule has 3 N–H and O–H groups in total. The van der Waals surface area contributed by atoms with Crippen LogP contribution >= 0.6 is 15.9 Å². The highest BCUT2D eigenvalue weighted by Gasteiger charge is 2.25. The van der Waals surface area contributed by atoms with Crippen molar-refractivity contribution < 1.29 is 9.90 Å². The molecule has 0 heterocycles. The fraction of sp³-hybridized carbons (Fsp3) is 0.458. The highest BCUT2D eigenvalue weighted by atomic mass is 79.9. The van der Waals surface area contributed by atoms with Crippen molar-refractivity contribution in [1.29, 1.82) is 0 Å². The van der Waals surface area contributed by atoms with Crippen LogP contribution in [0.3, 0.4) is 0 Å². The summed E-state index contributed by atoms with van der Waals surface area (Å²) in [5.41, 5.74) is 3.70. The molecule has 1 aliphatic rings. The van der Waals surface area contributed by atoms with Crippen molar-refractivity contribution in [3.05, 3.63) is 64.1 Å². The van der Waals surface area contributed by atoms with Gasteiger partial charge in [0.1, 0.15) is 0 Å². The van der Waals surface area contributed by atoms with Crippen LogP contribution in [0.5, 0.6) is 0 Å². The van der Waals surface area contributed by atoms with Crippen molar-refractivity contribution >= 4 is 27.6 Å². The second-order valence-electron chi connectivity index (χ2n) is 7.81. The van der Waals surface area contributed by atoms with Crippen molar-refractivity contribution in [3.63, 3.8) is 0 Å². The molecule has 2 amide bonds. The zero-order chi connectivity index (χ0) is 21.2. The number of halogens is 1. The van der Waals surface area contributed by atoms with Gasteiger partial charge in [0.05, 0.1) is 0 Å². The van der Waals surface area contributed by atoms with Gasteiger partial charge in [0, 0.05) is 35.9 Å². The minimum absolute atomic E-state index is 0.174. The zero-order valence-electron chi connectivity index (χ0n) is 17.4. The van der Waals surface area contributed by atoms with E-state index in [1.54, 1.807) is 0 Å². The summed E-state index contributed by atoms with van der Waals surface area (Å²) in [6.07, 6.45) is 6.27. The number of fused-ring (bicyclic) bond motifs is 1. The standard InChI is InChI=1S/C24H32BrN3O2/c25-20-11-13-21(14-12-20)27-24(30)26-15-6-17-28(16-3-4-18-29)23-10-5-8-19-7-1-2-9-22(19)23/h1-2,7,9,11-14,23,29H,3-6,8,10,15-18H2,(H2,26,27,30). The number of carbonyl (C=O) groups is 1. The first-order valence-electron chi connectivity index (χ1n) is 10.9. The first-order chi connectivity index (χ1) is 14.7. The van der Waals surface area contributed by atoms with Crippen LogP contribution in [0.4, 0.5) is 10.5 Å². The molecule has 0 aromatic heterocycles. The molecule has 6 heteroatoms. The molecule has 162 valence electrons. The largest absolute Gasteiger partial charge is 0.396 e. The molecule has 0 bridgehead atoms. The van der Waals surface area contributed by atoms with Crippen LogP contribution in [-0.2, 0) is 6.42 Å². The maximum absolute atomic E-state index is 12.1. The van der Waals surface area contributed by atoms with Crippen molar-refractivity contribution in [2.24, 2.45) is 0 Å². The number of anilines is 1. The number of amides is 2. The Balaban J connectivity index is 1.50. The fourth-order valence-electron chi connectivity index (χ4n) is 4.15. The van der Waals surface area contributed by atoms with E-state index in [0.717, 1.165) is 48.9 Å². The molecular weight excluding hydrogens is 442 g/mol. The molecule has 0 aliphatic heterocycles. The van der Waals surface area contributed by atoms with E-state index in [-0.39, 0.29) is 12.6 Å². The third kappa shape index (κ3) is 6.83. The smallest absolute Gasteiger partial charge is 0.319 e. The molecular formula is C24H32BrN3O2. The van der Waals surface area contributed by atoms with Crippen LogP contribution in [0.1, 0.15) is 49.3 Å². The molecule has 0 radical (unpaired) electrons. The number of benzene rings is 2. The van der Waals surface area contributed by atoms with E-state index in [9.17, 15) is 9.90 Å². The number of aryl methyl sites for hydroxylation is 1. The van der Waals surface area contributed by atoms with Crippen LogP contribution < -0.4 is 10.6 Å². The van der Waals surface area contributed by atoms with Gasteiger partial charge in [0.2, 0.25) is 0 Å². The van der Waals surface area contributed by atoms with Gasteiger partial charge < -0.3 is 15.7 Å². The lowest BCUT2D eigenvalue weighted by atomic mass is 9.86. The lowest BCUT2D eigenvalue weighted by molar-refractivity contribution is 0.167. The molecule has 2 aromatic carbocycles. The van der Waals surface area contributed by atoms with Crippen molar-refractivity contribution in [2.75, 3.05) is 31.6 Å². The van der Waals surface area contributed by atoms with Gasteiger partial charge in [0.15, 0.2) is 0 Å². The topological polar surface area (TPSA) is 64.6 Å². The molecule has 1 unspecified atom stereocenters. The van der Waals surface area contributed by atoms with Crippen LogP contribution in [0, 0.1) is 0 Å². The van der Waals surface area contributed by atoms with E-state index in [1.165, 1.54) is 24.0 Å². The lowest BCUT2D eigenvalue weighted by Crippen LogP contribution is -2.36. The number of hydrogen-bond donors (Lipinski definition) is 3. The number of carbonyl (C=O) groups excluding carboxylic acids is 1. The van der Waals surface area contributed by atoms with Crippen LogP contribution in [0.25, 0.3) is 0 Å². The van der Waals surface area contributed by atoms with Gasteiger partial charge in [-0.05, 0) is 80.5 Å². The number of hydrogen-bond acceptors (Lipinski definition) is 3. The monoisotopic (exact) mass is 473 g/mol. The van der Waals surface area contributed by atoms with E-state index in [2.05, 4.69) is 55.7 Å². The average molecular weight is 474 g/mol.